The van der Waals surface area contributed by atoms with E-state index < -0.39 is 4.92 Å². The topological polar surface area (TPSA) is 75.5 Å². The number of nitro groups is 1. The zero-order chi connectivity index (χ0) is 14.8. The first kappa shape index (κ1) is 17.2. The van der Waals surface area contributed by atoms with Crippen molar-refractivity contribution in [2.24, 2.45) is 5.92 Å². The average molecular weight is 346 g/mol. The summed E-state index contributed by atoms with van der Waals surface area (Å²) in [7, 11) is 0. The molecule has 1 aromatic heterocycles. The van der Waals surface area contributed by atoms with Gasteiger partial charge in [-0.1, -0.05) is 11.3 Å². The highest BCUT2D eigenvalue weighted by molar-refractivity contribution is 7.13. The van der Waals surface area contributed by atoms with Crippen molar-refractivity contribution in [1.29, 1.82) is 0 Å². The van der Waals surface area contributed by atoms with E-state index in [1.54, 1.807) is 5.38 Å². The van der Waals surface area contributed by atoms with E-state index in [1.165, 1.54) is 18.9 Å². The van der Waals surface area contributed by atoms with Crippen LogP contribution in [0, 0.1) is 16.0 Å². The van der Waals surface area contributed by atoms with Crippen LogP contribution in [-0.4, -0.2) is 41.4 Å². The van der Waals surface area contributed by atoms with E-state index in [-0.39, 0.29) is 23.3 Å². The first-order valence-corrected chi connectivity index (χ1v) is 8.28. The summed E-state index contributed by atoms with van der Waals surface area (Å²) >= 11 is 1.01. The maximum absolute atomic E-state index is 12.4. The number of nitrogens with one attached hydrogen (secondary N) is 1. The van der Waals surface area contributed by atoms with Crippen LogP contribution in [-0.2, 0) is 0 Å². The van der Waals surface area contributed by atoms with Crippen LogP contribution in [0.5, 0.6) is 0 Å². The third-order valence-corrected chi connectivity index (χ3v) is 5.39. The lowest BCUT2D eigenvalue weighted by atomic mass is 9.88. The molecule has 0 aliphatic carbocycles. The summed E-state index contributed by atoms with van der Waals surface area (Å²) in [4.78, 5) is 24.4. The summed E-state index contributed by atoms with van der Waals surface area (Å²) in [5.41, 5.74) is 0.448. The number of carbonyl (C=O) groups is 1. The van der Waals surface area contributed by atoms with Gasteiger partial charge in [0.1, 0.15) is 0 Å². The van der Waals surface area contributed by atoms with Gasteiger partial charge < -0.3 is 10.2 Å². The Labute approximate surface area is 139 Å². The standard InChI is InChI=1S/C14H19N3O3S.ClH/c18-14(11-8-13(17(19)20)21-9-11)16-6-3-10(4-7-16)12-2-1-5-15-12;/h8-10,12,15H,1-7H2;1H. The maximum Gasteiger partial charge on any atom is 0.324 e. The number of nitrogens with zero attached hydrogens (tertiary/aromatic N) is 2. The van der Waals surface area contributed by atoms with Crippen LogP contribution >= 0.6 is 23.7 Å². The smallest absolute Gasteiger partial charge is 0.324 e. The molecule has 2 saturated heterocycles. The summed E-state index contributed by atoms with van der Waals surface area (Å²) in [6, 6.07) is 2.00. The Morgan fingerprint density at radius 1 is 1.36 bits per heavy atom. The van der Waals surface area contributed by atoms with Crippen molar-refractivity contribution in [2.45, 2.75) is 31.7 Å². The fraction of sp³-hybridized carbons (Fsp3) is 0.643. The summed E-state index contributed by atoms with van der Waals surface area (Å²) in [5, 5.41) is 15.8. The Balaban J connectivity index is 0.00000176. The normalized spacial score (nSPS) is 22.4. The van der Waals surface area contributed by atoms with Gasteiger partial charge >= 0.3 is 5.00 Å². The van der Waals surface area contributed by atoms with Crippen molar-refractivity contribution in [2.75, 3.05) is 19.6 Å². The van der Waals surface area contributed by atoms with Gasteiger partial charge in [0.15, 0.2) is 0 Å². The van der Waals surface area contributed by atoms with Crippen molar-refractivity contribution < 1.29 is 9.72 Å². The lowest BCUT2D eigenvalue weighted by Crippen LogP contribution is -2.43. The van der Waals surface area contributed by atoms with Crippen molar-refractivity contribution in [3.8, 4) is 0 Å². The highest BCUT2D eigenvalue weighted by Gasteiger charge is 2.30. The Morgan fingerprint density at radius 3 is 2.64 bits per heavy atom. The predicted molar refractivity (Wildman–Crippen MR) is 87.9 cm³/mol. The number of piperidine rings is 1. The second kappa shape index (κ2) is 7.39. The molecule has 1 amide bonds. The molecule has 22 heavy (non-hydrogen) atoms. The molecule has 1 atom stereocenters. The van der Waals surface area contributed by atoms with Gasteiger partial charge in [-0.2, -0.15) is 0 Å². The van der Waals surface area contributed by atoms with Crippen molar-refractivity contribution in [3.63, 3.8) is 0 Å². The number of carbonyl (C=O) groups excluding carboxylic acids is 1. The third kappa shape index (κ3) is 3.59. The average Bonchev–Trinajstić information content (AvgIpc) is 3.18. The molecule has 2 aliphatic heterocycles. The van der Waals surface area contributed by atoms with Gasteiger partial charge in [-0.05, 0) is 38.1 Å². The van der Waals surface area contributed by atoms with Crippen LogP contribution in [0.15, 0.2) is 11.4 Å². The highest BCUT2D eigenvalue weighted by atomic mass is 35.5. The first-order valence-electron chi connectivity index (χ1n) is 7.41. The molecule has 2 aliphatic rings. The predicted octanol–water partition coefficient (Wildman–Crippen LogP) is 2.68. The molecule has 1 N–H and O–H groups in total. The number of halogens is 1. The van der Waals surface area contributed by atoms with Gasteiger partial charge in [-0.3, -0.25) is 14.9 Å². The molecule has 8 heteroatoms. The number of amides is 1. The molecule has 0 saturated carbocycles. The molecule has 0 aromatic carbocycles. The second-order valence-electron chi connectivity index (χ2n) is 5.76. The van der Waals surface area contributed by atoms with Gasteiger partial charge in [0, 0.05) is 30.6 Å². The van der Waals surface area contributed by atoms with E-state index >= 15 is 0 Å². The lowest BCUT2D eigenvalue weighted by molar-refractivity contribution is -0.380. The lowest BCUT2D eigenvalue weighted by Gasteiger charge is -2.34. The number of hydrogen-bond acceptors (Lipinski definition) is 5. The molecule has 3 rings (SSSR count). The van der Waals surface area contributed by atoms with Crippen LogP contribution in [0.4, 0.5) is 5.00 Å². The van der Waals surface area contributed by atoms with Gasteiger partial charge in [0.2, 0.25) is 0 Å². The fourth-order valence-corrected chi connectivity index (χ4v) is 4.03. The largest absolute Gasteiger partial charge is 0.339 e. The van der Waals surface area contributed by atoms with Crippen molar-refractivity contribution >= 4 is 34.7 Å². The molecule has 1 unspecified atom stereocenters. The molecule has 122 valence electrons. The summed E-state index contributed by atoms with van der Waals surface area (Å²) in [6.07, 6.45) is 4.54. The minimum atomic E-state index is -0.445. The number of likely N-dealkylation sites (tertiary alicyclic amines) is 1. The summed E-state index contributed by atoms with van der Waals surface area (Å²) in [5.74, 6) is 0.588. The third-order valence-electron chi connectivity index (χ3n) is 4.51. The van der Waals surface area contributed by atoms with Crippen LogP contribution in [0.25, 0.3) is 0 Å². The van der Waals surface area contributed by atoms with Gasteiger partial charge in [0.25, 0.3) is 5.91 Å². The number of thiophene rings is 1. The van der Waals surface area contributed by atoms with Gasteiger partial charge in [0.05, 0.1) is 10.5 Å². The minimum absolute atomic E-state index is 0. The SMILES string of the molecule is Cl.O=C(c1csc([N+](=O)[O-])c1)N1CCC(C2CCCN2)CC1. The van der Waals surface area contributed by atoms with Crippen molar-refractivity contribution in [1.82, 2.24) is 10.2 Å². The van der Waals surface area contributed by atoms with E-state index in [1.807, 2.05) is 4.90 Å². The van der Waals surface area contributed by atoms with Crippen LogP contribution < -0.4 is 5.32 Å². The Hall–Kier alpha value is -1.18. The zero-order valence-corrected chi connectivity index (χ0v) is 13.8. The minimum Gasteiger partial charge on any atom is -0.339 e. The second-order valence-corrected chi connectivity index (χ2v) is 6.65. The monoisotopic (exact) mass is 345 g/mol. The van der Waals surface area contributed by atoms with Crippen LogP contribution in [0.2, 0.25) is 0 Å². The van der Waals surface area contributed by atoms with Gasteiger partial charge in [-0.25, -0.2) is 0 Å². The molecular weight excluding hydrogens is 326 g/mol. The molecule has 1 aromatic rings. The number of rotatable bonds is 3. The van der Waals surface area contributed by atoms with E-state index in [2.05, 4.69) is 5.32 Å². The first-order chi connectivity index (χ1) is 10.1. The van der Waals surface area contributed by atoms with E-state index in [0.29, 0.717) is 17.5 Å². The quantitative estimate of drug-likeness (QED) is 0.675. The Morgan fingerprint density at radius 2 is 2.09 bits per heavy atom. The van der Waals surface area contributed by atoms with E-state index in [9.17, 15) is 14.9 Å². The Kier molecular flexibility index (Phi) is 5.77. The molecule has 3 heterocycles. The van der Waals surface area contributed by atoms with E-state index in [0.717, 1.165) is 43.8 Å². The molecule has 6 nitrogen and oxygen atoms in total. The summed E-state index contributed by atoms with van der Waals surface area (Å²) < 4.78 is 0. The maximum atomic E-state index is 12.4. The highest BCUT2D eigenvalue weighted by Crippen LogP contribution is 2.28. The zero-order valence-electron chi connectivity index (χ0n) is 12.2. The fourth-order valence-electron chi connectivity index (χ4n) is 3.33. The van der Waals surface area contributed by atoms with E-state index in [4.69, 9.17) is 0 Å². The van der Waals surface area contributed by atoms with Crippen LogP contribution in [0.1, 0.15) is 36.0 Å². The van der Waals surface area contributed by atoms with Crippen molar-refractivity contribution in [3.05, 3.63) is 27.1 Å². The Bertz CT molecular complexity index is 537. The molecule has 0 radical (unpaired) electrons. The molecule has 0 bridgehead atoms. The molecule has 2 fully saturated rings. The van der Waals surface area contributed by atoms with Gasteiger partial charge in [-0.15, -0.1) is 12.4 Å². The summed E-state index contributed by atoms with van der Waals surface area (Å²) in [6.45, 7) is 2.62. The molecule has 0 spiro atoms. The number of hydrogen-bond donors (Lipinski definition) is 1. The van der Waals surface area contributed by atoms with Crippen LogP contribution in [0.3, 0.4) is 0 Å². The molecular formula is C14H20ClN3O3S.